The lowest BCUT2D eigenvalue weighted by Gasteiger charge is -2.39. The van der Waals surface area contributed by atoms with Crippen molar-refractivity contribution < 1.29 is 9.53 Å². The van der Waals surface area contributed by atoms with Gasteiger partial charge in [0.05, 0.1) is 17.7 Å². The molecule has 0 spiro atoms. The molecular formula is C18H21ClN2O2S. The Kier molecular flexibility index (Phi) is 5.11. The summed E-state index contributed by atoms with van der Waals surface area (Å²) in [6, 6.07) is 5.44. The molecule has 3 rings (SSSR count). The van der Waals surface area contributed by atoms with Crippen molar-refractivity contribution >= 4 is 34.7 Å². The molecule has 2 aliphatic rings. The Bertz CT molecular complexity index is 717. The third-order valence-electron chi connectivity index (χ3n) is 4.45. The van der Waals surface area contributed by atoms with Gasteiger partial charge in [-0.2, -0.15) is 0 Å². The van der Waals surface area contributed by atoms with Crippen LogP contribution in [0.1, 0.15) is 44.2 Å². The van der Waals surface area contributed by atoms with E-state index in [4.69, 9.17) is 28.6 Å². The summed E-state index contributed by atoms with van der Waals surface area (Å²) in [7, 11) is 1.91. The summed E-state index contributed by atoms with van der Waals surface area (Å²) in [4.78, 5) is 14.4. The minimum atomic E-state index is -0.241. The molecule has 1 aliphatic carbocycles. The molecule has 0 bridgehead atoms. The molecule has 0 fully saturated rings. The van der Waals surface area contributed by atoms with Crippen molar-refractivity contribution in [2.75, 3.05) is 13.7 Å². The van der Waals surface area contributed by atoms with Gasteiger partial charge in [-0.15, -0.1) is 0 Å². The standard InChI is InChI=1S/C18H21ClN2O2S/c1-3-9-23-15-8-7-11(10-12(15)19)17-16-13(5-4-6-14(16)22)21(2)18(24)20-17/h7-8,10,17H,3-6,9H2,1-2H3,(H,20,24). The largest absolute Gasteiger partial charge is 0.492 e. The van der Waals surface area contributed by atoms with Crippen LogP contribution < -0.4 is 10.1 Å². The predicted octanol–water partition coefficient (Wildman–Crippen LogP) is 4.00. The summed E-state index contributed by atoms with van der Waals surface area (Å²) in [5, 5.41) is 4.47. The second-order valence-electron chi connectivity index (χ2n) is 6.12. The van der Waals surface area contributed by atoms with E-state index in [0.29, 0.717) is 28.9 Å². The van der Waals surface area contributed by atoms with Crippen LogP contribution in [0.4, 0.5) is 0 Å². The van der Waals surface area contributed by atoms with Crippen LogP contribution in [0.3, 0.4) is 0 Å². The number of hydrogen-bond donors (Lipinski definition) is 1. The minimum Gasteiger partial charge on any atom is -0.492 e. The zero-order chi connectivity index (χ0) is 17.3. The molecule has 1 aliphatic heterocycles. The van der Waals surface area contributed by atoms with Crippen LogP contribution in [0.5, 0.6) is 5.75 Å². The van der Waals surface area contributed by atoms with Crippen molar-refractivity contribution in [3.8, 4) is 5.75 Å². The Balaban J connectivity index is 1.98. The number of ether oxygens (including phenoxy) is 1. The lowest BCUT2D eigenvalue weighted by atomic mass is 9.85. The van der Waals surface area contributed by atoms with Crippen molar-refractivity contribution in [1.29, 1.82) is 0 Å². The molecule has 1 atom stereocenters. The molecular weight excluding hydrogens is 344 g/mol. The van der Waals surface area contributed by atoms with E-state index in [9.17, 15) is 4.79 Å². The van der Waals surface area contributed by atoms with Gasteiger partial charge < -0.3 is 15.0 Å². The van der Waals surface area contributed by atoms with Crippen molar-refractivity contribution in [3.05, 3.63) is 40.1 Å². The van der Waals surface area contributed by atoms with Crippen LogP contribution in [-0.2, 0) is 4.79 Å². The number of rotatable bonds is 4. The van der Waals surface area contributed by atoms with E-state index in [2.05, 4.69) is 5.32 Å². The lowest BCUT2D eigenvalue weighted by Crippen LogP contribution is -2.47. The Labute approximate surface area is 152 Å². The first kappa shape index (κ1) is 17.2. The number of Topliss-reactive ketones (excluding diaryl/α,β-unsaturated/α-hetero) is 1. The molecule has 24 heavy (non-hydrogen) atoms. The summed E-state index contributed by atoms with van der Waals surface area (Å²) in [6.07, 6.45) is 3.26. The molecule has 0 saturated heterocycles. The zero-order valence-corrected chi connectivity index (χ0v) is 15.5. The van der Waals surface area contributed by atoms with Gasteiger partial charge in [-0.25, -0.2) is 0 Å². The van der Waals surface area contributed by atoms with E-state index in [1.54, 1.807) is 0 Å². The number of ketones is 1. The third kappa shape index (κ3) is 3.15. The third-order valence-corrected chi connectivity index (χ3v) is 5.13. The molecule has 0 aromatic heterocycles. The Morgan fingerprint density at radius 3 is 2.92 bits per heavy atom. The van der Waals surface area contributed by atoms with Crippen LogP contribution >= 0.6 is 23.8 Å². The minimum absolute atomic E-state index is 0.186. The first-order chi connectivity index (χ1) is 11.5. The number of nitrogens with one attached hydrogen (secondary N) is 1. The molecule has 0 radical (unpaired) electrons. The van der Waals surface area contributed by atoms with E-state index in [-0.39, 0.29) is 11.8 Å². The van der Waals surface area contributed by atoms with Crippen LogP contribution in [0.2, 0.25) is 5.02 Å². The highest BCUT2D eigenvalue weighted by Gasteiger charge is 2.35. The normalized spacial score (nSPS) is 20.8. The summed E-state index contributed by atoms with van der Waals surface area (Å²) in [5.74, 6) is 0.854. The van der Waals surface area contributed by atoms with Gasteiger partial charge in [0, 0.05) is 24.7 Å². The van der Waals surface area contributed by atoms with Crippen LogP contribution in [-0.4, -0.2) is 29.5 Å². The highest BCUT2D eigenvalue weighted by atomic mass is 35.5. The SMILES string of the molecule is CCCOc1ccc(C2NC(=S)N(C)C3=C2C(=O)CCC3)cc1Cl. The number of halogens is 1. The van der Waals surface area contributed by atoms with Crippen LogP contribution in [0, 0.1) is 0 Å². The quantitative estimate of drug-likeness (QED) is 0.818. The van der Waals surface area contributed by atoms with Crippen molar-refractivity contribution in [2.45, 2.75) is 38.6 Å². The summed E-state index contributed by atoms with van der Waals surface area (Å²) < 4.78 is 5.63. The average Bonchev–Trinajstić information content (AvgIpc) is 2.57. The van der Waals surface area contributed by atoms with Crippen molar-refractivity contribution in [3.63, 3.8) is 0 Å². The molecule has 128 valence electrons. The van der Waals surface area contributed by atoms with E-state index >= 15 is 0 Å². The maximum atomic E-state index is 12.5. The number of thiocarbonyl (C=S) groups is 1. The van der Waals surface area contributed by atoms with Crippen molar-refractivity contribution in [2.24, 2.45) is 0 Å². The average molecular weight is 365 g/mol. The molecule has 1 N–H and O–H groups in total. The zero-order valence-electron chi connectivity index (χ0n) is 13.9. The summed E-state index contributed by atoms with van der Waals surface area (Å²) in [6.45, 7) is 2.68. The monoisotopic (exact) mass is 364 g/mol. The Morgan fingerprint density at radius 2 is 2.21 bits per heavy atom. The molecule has 6 heteroatoms. The van der Waals surface area contributed by atoms with Crippen molar-refractivity contribution in [1.82, 2.24) is 10.2 Å². The number of allylic oxidation sites excluding steroid dienone is 1. The molecule has 1 aromatic rings. The summed E-state index contributed by atoms with van der Waals surface area (Å²) in [5.41, 5.74) is 2.78. The van der Waals surface area contributed by atoms with Gasteiger partial charge in [-0.1, -0.05) is 24.6 Å². The number of carbonyl (C=O) groups excluding carboxylic acids is 1. The number of carbonyl (C=O) groups is 1. The molecule has 0 saturated carbocycles. The smallest absolute Gasteiger partial charge is 0.173 e. The van der Waals surface area contributed by atoms with Gasteiger partial charge in [0.1, 0.15) is 5.75 Å². The van der Waals surface area contributed by atoms with Gasteiger partial charge in [0.25, 0.3) is 0 Å². The predicted molar refractivity (Wildman–Crippen MR) is 99.4 cm³/mol. The van der Waals surface area contributed by atoms with Gasteiger partial charge in [0.15, 0.2) is 10.9 Å². The number of hydrogen-bond acceptors (Lipinski definition) is 3. The van der Waals surface area contributed by atoms with Gasteiger partial charge >= 0.3 is 0 Å². The van der Waals surface area contributed by atoms with E-state index < -0.39 is 0 Å². The molecule has 4 nitrogen and oxygen atoms in total. The fourth-order valence-corrected chi connectivity index (χ4v) is 3.68. The maximum Gasteiger partial charge on any atom is 0.173 e. The van der Waals surface area contributed by atoms with E-state index in [1.165, 1.54) is 0 Å². The number of nitrogens with zero attached hydrogens (tertiary/aromatic N) is 1. The van der Waals surface area contributed by atoms with Crippen LogP contribution in [0.15, 0.2) is 29.5 Å². The fourth-order valence-electron chi connectivity index (χ4n) is 3.21. The maximum absolute atomic E-state index is 12.5. The second-order valence-corrected chi connectivity index (χ2v) is 6.91. The Hall–Kier alpha value is -1.59. The van der Waals surface area contributed by atoms with Gasteiger partial charge in [-0.05, 0) is 49.2 Å². The highest BCUT2D eigenvalue weighted by molar-refractivity contribution is 7.80. The Morgan fingerprint density at radius 1 is 1.42 bits per heavy atom. The topological polar surface area (TPSA) is 41.6 Å². The second kappa shape index (κ2) is 7.11. The van der Waals surface area contributed by atoms with Gasteiger partial charge in [-0.3, -0.25) is 4.79 Å². The molecule has 1 aromatic carbocycles. The first-order valence-corrected chi connectivity index (χ1v) is 9.04. The summed E-state index contributed by atoms with van der Waals surface area (Å²) >= 11 is 11.8. The van der Waals surface area contributed by atoms with E-state index in [1.807, 2.05) is 37.1 Å². The van der Waals surface area contributed by atoms with Crippen LogP contribution in [0.25, 0.3) is 0 Å². The number of benzene rings is 1. The highest BCUT2D eigenvalue weighted by Crippen LogP contribution is 2.38. The van der Waals surface area contributed by atoms with Gasteiger partial charge in [0.2, 0.25) is 0 Å². The van der Waals surface area contributed by atoms with E-state index in [0.717, 1.165) is 36.1 Å². The molecule has 1 unspecified atom stereocenters. The lowest BCUT2D eigenvalue weighted by molar-refractivity contribution is -0.116. The molecule has 1 heterocycles. The first-order valence-electron chi connectivity index (χ1n) is 8.25. The fraction of sp³-hybridized carbons (Fsp3) is 0.444. The molecule has 0 amide bonds.